The van der Waals surface area contributed by atoms with Crippen molar-refractivity contribution < 1.29 is 9.13 Å². The summed E-state index contributed by atoms with van der Waals surface area (Å²) < 4.78 is 18.2. The van der Waals surface area contributed by atoms with Crippen LogP contribution in [0.2, 0.25) is 0 Å². The Balaban J connectivity index is 1.64. The standard InChI is InChI=1S/C12H16FNO/c13-11-4-1-5-12(7-11)15-6-2-3-10-8-14-9-10/h1,4-5,7,10,14H,2-3,6,8-9H2. The van der Waals surface area contributed by atoms with Crippen LogP contribution < -0.4 is 10.1 Å². The first-order valence-electron chi connectivity index (χ1n) is 5.44. The lowest BCUT2D eigenvalue weighted by atomic mass is 9.98. The Bertz CT molecular complexity index is 312. The lowest BCUT2D eigenvalue weighted by molar-refractivity contribution is 0.262. The Labute approximate surface area is 89.4 Å². The SMILES string of the molecule is Fc1cccc(OCCCC2CNC2)c1. The molecular weight excluding hydrogens is 193 g/mol. The highest BCUT2D eigenvalue weighted by Gasteiger charge is 2.15. The Morgan fingerprint density at radius 1 is 1.40 bits per heavy atom. The highest BCUT2D eigenvalue weighted by atomic mass is 19.1. The van der Waals surface area contributed by atoms with Crippen molar-refractivity contribution in [3.05, 3.63) is 30.1 Å². The van der Waals surface area contributed by atoms with E-state index in [1.54, 1.807) is 12.1 Å². The van der Waals surface area contributed by atoms with Gasteiger partial charge in [0, 0.05) is 6.07 Å². The monoisotopic (exact) mass is 209 g/mol. The van der Waals surface area contributed by atoms with Crippen LogP contribution in [0, 0.1) is 11.7 Å². The minimum Gasteiger partial charge on any atom is -0.493 e. The average molecular weight is 209 g/mol. The minimum absolute atomic E-state index is 0.240. The van der Waals surface area contributed by atoms with E-state index < -0.39 is 0 Å². The quantitative estimate of drug-likeness (QED) is 0.751. The van der Waals surface area contributed by atoms with Crippen LogP contribution in [0.5, 0.6) is 5.75 Å². The second-order valence-electron chi connectivity index (χ2n) is 3.97. The second kappa shape index (κ2) is 5.12. The Morgan fingerprint density at radius 3 is 2.93 bits per heavy atom. The van der Waals surface area contributed by atoms with Crippen molar-refractivity contribution in [1.82, 2.24) is 5.32 Å². The maximum atomic E-state index is 12.8. The molecule has 0 spiro atoms. The van der Waals surface area contributed by atoms with Gasteiger partial charge in [-0.25, -0.2) is 4.39 Å². The Kier molecular flexibility index (Phi) is 3.56. The molecule has 0 aliphatic carbocycles. The first kappa shape index (κ1) is 10.4. The molecule has 1 aliphatic heterocycles. The van der Waals surface area contributed by atoms with Gasteiger partial charge >= 0.3 is 0 Å². The summed E-state index contributed by atoms with van der Waals surface area (Å²) in [7, 11) is 0. The summed E-state index contributed by atoms with van der Waals surface area (Å²) in [6.45, 7) is 2.96. The van der Waals surface area contributed by atoms with Gasteiger partial charge in [0.25, 0.3) is 0 Å². The predicted molar refractivity (Wildman–Crippen MR) is 57.5 cm³/mol. The van der Waals surface area contributed by atoms with E-state index >= 15 is 0 Å². The summed E-state index contributed by atoms with van der Waals surface area (Å²) in [6, 6.07) is 6.30. The summed E-state index contributed by atoms with van der Waals surface area (Å²) in [6.07, 6.45) is 2.24. The molecule has 1 saturated heterocycles. The molecular formula is C12H16FNO. The lowest BCUT2D eigenvalue weighted by Crippen LogP contribution is -2.41. The van der Waals surface area contributed by atoms with Crippen LogP contribution in [0.25, 0.3) is 0 Å². The summed E-state index contributed by atoms with van der Waals surface area (Å²) in [5.41, 5.74) is 0. The van der Waals surface area contributed by atoms with Crippen LogP contribution in [0.1, 0.15) is 12.8 Å². The van der Waals surface area contributed by atoms with E-state index in [0.29, 0.717) is 12.4 Å². The van der Waals surface area contributed by atoms with Gasteiger partial charge in [-0.1, -0.05) is 6.07 Å². The fourth-order valence-electron chi connectivity index (χ4n) is 1.67. The van der Waals surface area contributed by atoms with Gasteiger partial charge in [0.2, 0.25) is 0 Å². The van der Waals surface area contributed by atoms with Crippen molar-refractivity contribution >= 4 is 0 Å². The summed E-state index contributed by atoms with van der Waals surface area (Å²) in [5, 5.41) is 3.24. The van der Waals surface area contributed by atoms with Gasteiger partial charge in [0.1, 0.15) is 11.6 Å². The van der Waals surface area contributed by atoms with Gasteiger partial charge in [0.05, 0.1) is 6.61 Å². The second-order valence-corrected chi connectivity index (χ2v) is 3.97. The number of ether oxygens (including phenoxy) is 1. The highest BCUT2D eigenvalue weighted by Crippen LogP contribution is 2.14. The number of hydrogen-bond donors (Lipinski definition) is 1. The molecule has 0 saturated carbocycles. The Morgan fingerprint density at radius 2 is 2.27 bits per heavy atom. The minimum atomic E-state index is -0.240. The van der Waals surface area contributed by atoms with Gasteiger partial charge < -0.3 is 10.1 Å². The van der Waals surface area contributed by atoms with Crippen LogP contribution in [0.4, 0.5) is 4.39 Å². The number of halogens is 1. The van der Waals surface area contributed by atoms with Crippen LogP contribution in [-0.4, -0.2) is 19.7 Å². The average Bonchev–Trinajstić information content (AvgIpc) is 2.15. The van der Waals surface area contributed by atoms with Gasteiger partial charge in [-0.15, -0.1) is 0 Å². The van der Waals surface area contributed by atoms with Gasteiger partial charge in [-0.05, 0) is 44.0 Å². The number of rotatable bonds is 5. The van der Waals surface area contributed by atoms with Crippen LogP contribution >= 0.6 is 0 Å². The zero-order valence-corrected chi connectivity index (χ0v) is 8.71. The van der Waals surface area contributed by atoms with Crippen LogP contribution in [0.3, 0.4) is 0 Å². The summed E-state index contributed by atoms with van der Waals surface area (Å²) >= 11 is 0. The first-order valence-corrected chi connectivity index (χ1v) is 5.44. The molecule has 1 aromatic rings. The van der Waals surface area contributed by atoms with E-state index in [1.807, 2.05) is 0 Å². The van der Waals surface area contributed by atoms with E-state index in [2.05, 4.69) is 5.32 Å². The molecule has 0 aromatic heterocycles. The predicted octanol–water partition coefficient (Wildman–Crippen LogP) is 2.20. The molecule has 3 heteroatoms. The van der Waals surface area contributed by atoms with E-state index in [1.165, 1.54) is 18.6 Å². The third-order valence-electron chi connectivity index (χ3n) is 2.69. The smallest absolute Gasteiger partial charge is 0.126 e. The van der Waals surface area contributed by atoms with E-state index in [9.17, 15) is 4.39 Å². The molecule has 0 bridgehead atoms. The fourth-order valence-corrected chi connectivity index (χ4v) is 1.67. The molecule has 2 nitrogen and oxygen atoms in total. The molecule has 82 valence electrons. The van der Waals surface area contributed by atoms with Crippen molar-refractivity contribution in [2.24, 2.45) is 5.92 Å². The normalized spacial score (nSPS) is 16.1. The molecule has 1 N–H and O–H groups in total. The van der Waals surface area contributed by atoms with Crippen molar-refractivity contribution in [2.45, 2.75) is 12.8 Å². The molecule has 1 fully saturated rings. The third kappa shape index (κ3) is 3.20. The summed E-state index contributed by atoms with van der Waals surface area (Å²) in [4.78, 5) is 0. The zero-order valence-electron chi connectivity index (χ0n) is 8.71. The zero-order chi connectivity index (χ0) is 10.5. The molecule has 1 aliphatic rings. The molecule has 1 heterocycles. The van der Waals surface area contributed by atoms with Gasteiger partial charge in [-0.3, -0.25) is 0 Å². The maximum Gasteiger partial charge on any atom is 0.126 e. The van der Waals surface area contributed by atoms with Crippen LogP contribution in [-0.2, 0) is 0 Å². The van der Waals surface area contributed by atoms with E-state index in [4.69, 9.17) is 4.74 Å². The maximum absolute atomic E-state index is 12.8. The molecule has 0 amide bonds. The van der Waals surface area contributed by atoms with E-state index in [-0.39, 0.29) is 5.82 Å². The summed E-state index contributed by atoms with van der Waals surface area (Å²) in [5.74, 6) is 1.21. The van der Waals surface area contributed by atoms with Crippen molar-refractivity contribution in [3.8, 4) is 5.75 Å². The molecule has 2 rings (SSSR count). The van der Waals surface area contributed by atoms with Crippen LogP contribution in [0.15, 0.2) is 24.3 Å². The number of benzene rings is 1. The fraction of sp³-hybridized carbons (Fsp3) is 0.500. The number of hydrogen-bond acceptors (Lipinski definition) is 2. The first-order chi connectivity index (χ1) is 7.34. The highest BCUT2D eigenvalue weighted by molar-refractivity contribution is 5.22. The molecule has 15 heavy (non-hydrogen) atoms. The number of nitrogens with one attached hydrogen (secondary N) is 1. The molecule has 0 radical (unpaired) electrons. The van der Waals surface area contributed by atoms with Gasteiger partial charge in [-0.2, -0.15) is 0 Å². The lowest BCUT2D eigenvalue weighted by Gasteiger charge is -2.26. The van der Waals surface area contributed by atoms with Crippen molar-refractivity contribution in [1.29, 1.82) is 0 Å². The molecule has 1 aromatic carbocycles. The Hall–Kier alpha value is -1.09. The topological polar surface area (TPSA) is 21.3 Å². The third-order valence-corrected chi connectivity index (χ3v) is 2.69. The molecule has 0 unspecified atom stereocenters. The molecule has 0 atom stereocenters. The van der Waals surface area contributed by atoms with Gasteiger partial charge in [0.15, 0.2) is 0 Å². The largest absolute Gasteiger partial charge is 0.493 e. The van der Waals surface area contributed by atoms with E-state index in [0.717, 1.165) is 25.4 Å². The van der Waals surface area contributed by atoms with Crippen molar-refractivity contribution in [2.75, 3.05) is 19.7 Å². The van der Waals surface area contributed by atoms with Crippen molar-refractivity contribution in [3.63, 3.8) is 0 Å².